The highest BCUT2D eigenvalue weighted by Crippen LogP contribution is 1.92. The molecule has 1 aromatic heterocycles. The molecule has 7 nitrogen and oxygen atoms in total. The number of carbonyl (C=O) groups is 2. The zero-order valence-electron chi connectivity index (χ0n) is 7.62. The van der Waals surface area contributed by atoms with Crippen molar-refractivity contribution in [3.05, 3.63) is 24.3 Å². The van der Waals surface area contributed by atoms with E-state index in [2.05, 4.69) is 15.3 Å². The van der Waals surface area contributed by atoms with E-state index in [1.165, 1.54) is 18.7 Å². The second kappa shape index (κ2) is 5.01. The van der Waals surface area contributed by atoms with Crippen molar-refractivity contribution in [1.29, 1.82) is 0 Å². The first-order valence-electron chi connectivity index (χ1n) is 4.05. The van der Waals surface area contributed by atoms with E-state index in [9.17, 15) is 9.59 Å². The van der Waals surface area contributed by atoms with Gasteiger partial charge in [0.1, 0.15) is 6.33 Å². The SMILES string of the molecule is O=C(NC[C@H](O)C(=O)O)c1cncnc1. The highest BCUT2D eigenvalue weighted by Gasteiger charge is 2.14. The average molecular weight is 211 g/mol. The molecule has 0 saturated heterocycles. The maximum atomic E-state index is 11.3. The Kier molecular flexibility index (Phi) is 3.69. The number of rotatable bonds is 4. The van der Waals surface area contributed by atoms with Crippen LogP contribution in [0.4, 0.5) is 0 Å². The molecule has 0 aliphatic rings. The molecule has 0 aliphatic carbocycles. The van der Waals surface area contributed by atoms with Gasteiger partial charge >= 0.3 is 5.97 Å². The van der Waals surface area contributed by atoms with Crippen LogP contribution in [-0.2, 0) is 4.79 Å². The summed E-state index contributed by atoms with van der Waals surface area (Å²) < 4.78 is 0. The lowest BCUT2D eigenvalue weighted by Crippen LogP contribution is -2.36. The van der Waals surface area contributed by atoms with Crippen LogP contribution in [-0.4, -0.2) is 44.7 Å². The third kappa shape index (κ3) is 3.31. The van der Waals surface area contributed by atoms with Crippen LogP contribution < -0.4 is 5.32 Å². The number of carboxylic acid groups (broad SMARTS) is 1. The summed E-state index contributed by atoms with van der Waals surface area (Å²) in [5.41, 5.74) is 0.204. The Hall–Kier alpha value is -2.02. The number of hydrogen-bond donors (Lipinski definition) is 3. The molecule has 0 unspecified atom stereocenters. The van der Waals surface area contributed by atoms with Crippen molar-refractivity contribution >= 4 is 11.9 Å². The summed E-state index contributed by atoms with van der Waals surface area (Å²) in [6.07, 6.45) is 2.23. The van der Waals surface area contributed by atoms with Crippen LogP contribution in [0.25, 0.3) is 0 Å². The molecule has 80 valence electrons. The first-order valence-corrected chi connectivity index (χ1v) is 4.05. The molecule has 0 bridgehead atoms. The number of aliphatic hydroxyl groups is 1. The quantitative estimate of drug-likeness (QED) is 0.567. The van der Waals surface area contributed by atoms with Crippen molar-refractivity contribution < 1.29 is 19.8 Å². The zero-order valence-corrected chi connectivity index (χ0v) is 7.62. The minimum atomic E-state index is -1.61. The largest absolute Gasteiger partial charge is 0.479 e. The highest BCUT2D eigenvalue weighted by atomic mass is 16.4. The van der Waals surface area contributed by atoms with Crippen molar-refractivity contribution in [3.63, 3.8) is 0 Å². The number of carboxylic acids is 1. The molecule has 0 spiro atoms. The van der Waals surface area contributed by atoms with Gasteiger partial charge in [0.05, 0.1) is 12.1 Å². The summed E-state index contributed by atoms with van der Waals surface area (Å²) >= 11 is 0. The second-order valence-corrected chi connectivity index (χ2v) is 2.69. The van der Waals surface area contributed by atoms with Crippen LogP contribution >= 0.6 is 0 Å². The van der Waals surface area contributed by atoms with Crippen molar-refractivity contribution in [2.45, 2.75) is 6.10 Å². The van der Waals surface area contributed by atoms with Gasteiger partial charge in [-0.1, -0.05) is 0 Å². The molecule has 1 heterocycles. The van der Waals surface area contributed by atoms with Gasteiger partial charge in [-0.25, -0.2) is 14.8 Å². The van der Waals surface area contributed by atoms with E-state index >= 15 is 0 Å². The molecule has 1 aromatic rings. The molecule has 1 amide bonds. The van der Waals surface area contributed by atoms with Gasteiger partial charge in [0.15, 0.2) is 6.10 Å². The monoisotopic (exact) mass is 211 g/mol. The number of amides is 1. The van der Waals surface area contributed by atoms with Crippen molar-refractivity contribution in [2.24, 2.45) is 0 Å². The first kappa shape index (κ1) is 11.1. The fourth-order valence-electron chi connectivity index (χ4n) is 0.795. The van der Waals surface area contributed by atoms with Gasteiger partial charge in [0.25, 0.3) is 5.91 Å². The predicted octanol–water partition coefficient (Wildman–Crippen LogP) is -1.35. The molecule has 0 radical (unpaired) electrons. The van der Waals surface area contributed by atoms with Gasteiger partial charge < -0.3 is 15.5 Å². The Bertz CT molecular complexity index is 354. The lowest BCUT2D eigenvalue weighted by atomic mass is 10.3. The van der Waals surface area contributed by atoms with E-state index < -0.39 is 18.0 Å². The van der Waals surface area contributed by atoms with Crippen LogP contribution in [0.5, 0.6) is 0 Å². The van der Waals surface area contributed by atoms with Crippen LogP contribution in [0.15, 0.2) is 18.7 Å². The number of hydrogen-bond acceptors (Lipinski definition) is 5. The standard InChI is InChI=1S/C8H9N3O4/c12-6(8(14)15)3-11-7(13)5-1-9-4-10-2-5/h1-2,4,6,12H,3H2,(H,11,13)(H,14,15)/t6-/m0/s1. The van der Waals surface area contributed by atoms with Gasteiger partial charge in [-0.2, -0.15) is 0 Å². The third-order valence-electron chi connectivity index (χ3n) is 1.56. The fraction of sp³-hybridized carbons (Fsp3) is 0.250. The fourth-order valence-corrected chi connectivity index (χ4v) is 0.795. The predicted molar refractivity (Wildman–Crippen MR) is 48.0 cm³/mol. The van der Waals surface area contributed by atoms with Crippen LogP contribution in [0, 0.1) is 0 Å². The molecule has 3 N–H and O–H groups in total. The topological polar surface area (TPSA) is 112 Å². The minimum Gasteiger partial charge on any atom is -0.479 e. The number of nitrogens with one attached hydrogen (secondary N) is 1. The summed E-state index contributed by atoms with van der Waals surface area (Å²) in [5, 5.41) is 19.4. The van der Waals surface area contributed by atoms with E-state index in [0.717, 1.165) is 0 Å². The van der Waals surface area contributed by atoms with Crippen LogP contribution in [0.2, 0.25) is 0 Å². The maximum Gasteiger partial charge on any atom is 0.334 e. The molecule has 1 atom stereocenters. The number of nitrogens with zero attached hydrogens (tertiary/aromatic N) is 2. The number of aromatic nitrogens is 2. The zero-order chi connectivity index (χ0) is 11.3. The highest BCUT2D eigenvalue weighted by molar-refractivity contribution is 5.93. The Morgan fingerprint density at radius 1 is 1.40 bits per heavy atom. The molecular formula is C8H9N3O4. The van der Waals surface area contributed by atoms with E-state index in [1.54, 1.807) is 0 Å². The lowest BCUT2D eigenvalue weighted by Gasteiger charge is -2.06. The maximum absolute atomic E-state index is 11.3. The summed E-state index contributed by atoms with van der Waals surface area (Å²) in [5.74, 6) is -1.92. The van der Waals surface area contributed by atoms with Crippen molar-refractivity contribution in [2.75, 3.05) is 6.54 Å². The average Bonchev–Trinajstić information content (AvgIpc) is 2.26. The van der Waals surface area contributed by atoms with E-state index in [1.807, 2.05) is 0 Å². The number of carbonyl (C=O) groups excluding carboxylic acids is 1. The molecule has 0 aliphatic heterocycles. The van der Waals surface area contributed by atoms with E-state index in [-0.39, 0.29) is 12.1 Å². The molecular weight excluding hydrogens is 202 g/mol. The van der Waals surface area contributed by atoms with Crippen molar-refractivity contribution in [3.8, 4) is 0 Å². The normalized spacial score (nSPS) is 11.8. The third-order valence-corrected chi connectivity index (χ3v) is 1.56. The van der Waals surface area contributed by atoms with Gasteiger partial charge in [0.2, 0.25) is 0 Å². The molecule has 15 heavy (non-hydrogen) atoms. The smallest absolute Gasteiger partial charge is 0.334 e. The second-order valence-electron chi connectivity index (χ2n) is 2.69. The van der Waals surface area contributed by atoms with Crippen molar-refractivity contribution in [1.82, 2.24) is 15.3 Å². The number of aliphatic carboxylic acids is 1. The molecule has 0 aromatic carbocycles. The molecule has 1 rings (SSSR count). The van der Waals surface area contributed by atoms with Gasteiger partial charge in [-0.05, 0) is 0 Å². The summed E-state index contributed by atoms with van der Waals surface area (Å²) in [4.78, 5) is 28.7. The number of aliphatic hydroxyl groups excluding tert-OH is 1. The Balaban J connectivity index is 2.47. The molecule has 7 heteroatoms. The van der Waals surface area contributed by atoms with E-state index in [4.69, 9.17) is 10.2 Å². The molecule has 0 saturated carbocycles. The summed E-state index contributed by atoms with van der Waals surface area (Å²) in [7, 11) is 0. The Morgan fingerprint density at radius 3 is 2.53 bits per heavy atom. The molecule has 0 fully saturated rings. The lowest BCUT2D eigenvalue weighted by molar-refractivity contribution is -0.146. The Morgan fingerprint density at radius 2 is 2.00 bits per heavy atom. The van der Waals surface area contributed by atoms with Crippen LogP contribution in [0.3, 0.4) is 0 Å². The van der Waals surface area contributed by atoms with Gasteiger partial charge in [-0.15, -0.1) is 0 Å². The minimum absolute atomic E-state index is 0.204. The summed E-state index contributed by atoms with van der Waals surface area (Å²) in [6.45, 7) is -0.358. The Labute approximate surface area is 84.8 Å². The summed E-state index contributed by atoms with van der Waals surface area (Å²) in [6, 6.07) is 0. The van der Waals surface area contributed by atoms with Gasteiger partial charge in [0, 0.05) is 12.4 Å². The first-order chi connectivity index (χ1) is 7.11. The van der Waals surface area contributed by atoms with E-state index in [0.29, 0.717) is 0 Å². The van der Waals surface area contributed by atoms with Crippen LogP contribution in [0.1, 0.15) is 10.4 Å². The van der Waals surface area contributed by atoms with Gasteiger partial charge in [-0.3, -0.25) is 4.79 Å².